The Kier molecular flexibility index (Phi) is 4.25. The van der Waals surface area contributed by atoms with Crippen molar-refractivity contribution in [2.75, 3.05) is 37.7 Å². The molecule has 0 bridgehead atoms. The van der Waals surface area contributed by atoms with E-state index in [0.717, 1.165) is 31.2 Å². The Morgan fingerprint density at radius 3 is 2.88 bits per heavy atom. The summed E-state index contributed by atoms with van der Waals surface area (Å²) in [5.41, 5.74) is 0. The average molecular weight is 345 g/mol. The molecule has 0 radical (unpaired) electrons. The largest absolute Gasteiger partial charge is 0.485 e. The Bertz CT molecular complexity index is 707. The first-order valence-electron chi connectivity index (χ1n) is 8.13. The Labute approximate surface area is 144 Å². The number of carbonyl (C=O) groups is 1. The van der Waals surface area contributed by atoms with E-state index < -0.39 is 6.10 Å². The third-order valence-corrected chi connectivity index (χ3v) is 5.11. The number of thiazole rings is 1. The maximum Gasteiger partial charge on any atom is 0.267 e. The fourth-order valence-electron chi connectivity index (χ4n) is 3.05. The number of hydrogen-bond donors (Lipinski definition) is 0. The molecule has 1 aromatic carbocycles. The number of ether oxygens (including phenoxy) is 2. The van der Waals surface area contributed by atoms with Crippen molar-refractivity contribution >= 4 is 22.4 Å². The number of para-hydroxylation sites is 2. The van der Waals surface area contributed by atoms with E-state index >= 15 is 0 Å². The van der Waals surface area contributed by atoms with Crippen LogP contribution in [0.2, 0.25) is 0 Å². The van der Waals surface area contributed by atoms with Crippen molar-refractivity contribution < 1.29 is 14.3 Å². The summed E-state index contributed by atoms with van der Waals surface area (Å²) in [5, 5.41) is 3.00. The minimum Gasteiger partial charge on any atom is -0.485 e. The molecular formula is C17H19N3O3S. The summed E-state index contributed by atoms with van der Waals surface area (Å²) in [6.45, 7) is 3.40. The van der Waals surface area contributed by atoms with Crippen molar-refractivity contribution in [3.8, 4) is 11.5 Å². The fourth-order valence-corrected chi connectivity index (χ4v) is 3.74. The minimum absolute atomic E-state index is 0.00509. The third-order valence-electron chi connectivity index (χ3n) is 4.28. The smallest absolute Gasteiger partial charge is 0.267 e. The number of fused-ring (bicyclic) bond motifs is 1. The molecule has 126 valence electrons. The van der Waals surface area contributed by atoms with Gasteiger partial charge in [0.15, 0.2) is 16.6 Å². The molecule has 1 amide bonds. The zero-order valence-electron chi connectivity index (χ0n) is 13.3. The summed E-state index contributed by atoms with van der Waals surface area (Å²) in [6.07, 6.45) is 2.18. The highest BCUT2D eigenvalue weighted by molar-refractivity contribution is 7.13. The Morgan fingerprint density at radius 2 is 2.04 bits per heavy atom. The molecule has 0 saturated carbocycles. The summed E-state index contributed by atoms with van der Waals surface area (Å²) < 4.78 is 11.5. The standard InChI is InChI=1S/C17H19N3O3S/c21-16(15-12-22-13-4-1-2-5-14(13)23-15)19-7-3-8-20(10-9-19)17-18-6-11-24-17/h1-2,4-6,11,15H,3,7-10,12H2/t15-/m1/s1. The molecule has 24 heavy (non-hydrogen) atoms. The molecule has 7 heteroatoms. The summed E-state index contributed by atoms with van der Waals surface area (Å²) in [6, 6.07) is 7.47. The summed E-state index contributed by atoms with van der Waals surface area (Å²) in [5.74, 6) is 1.35. The van der Waals surface area contributed by atoms with E-state index in [0.29, 0.717) is 18.0 Å². The van der Waals surface area contributed by atoms with E-state index in [9.17, 15) is 4.79 Å². The van der Waals surface area contributed by atoms with Gasteiger partial charge in [0.05, 0.1) is 0 Å². The second kappa shape index (κ2) is 6.68. The maximum absolute atomic E-state index is 12.8. The van der Waals surface area contributed by atoms with Gasteiger partial charge < -0.3 is 19.3 Å². The maximum atomic E-state index is 12.8. The predicted octanol–water partition coefficient (Wildman–Crippen LogP) is 2.02. The van der Waals surface area contributed by atoms with Crippen LogP contribution in [0.25, 0.3) is 0 Å². The van der Waals surface area contributed by atoms with Gasteiger partial charge in [0.25, 0.3) is 5.91 Å². The number of carbonyl (C=O) groups excluding carboxylic acids is 1. The van der Waals surface area contributed by atoms with Crippen LogP contribution in [0.3, 0.4) is 0 Å². The van der Waals surface area contributed by atoms with Crippen molar-refractivity contribution in [1.29, 1.82) is 0 Å². The number of nitrogens with zero attached hydrogens (tertiary/aromatic N) is 3. The quantitative estimate of drug-likeness (QED) is 0.833. The van der Waals surface area contributed by atoms with Gasteiger partial charge in [0.2, 0.25) is 6.10 Å². The van der Waals surface area contributed by atoms with E-state index in [2.05, 4.69) is 9.88 Å². The van der Waals surface area contributed by atoms with Gasteiger partial charge >= 0.3 is 0 Å². The van der Waals surface area contributed by atoms with Crippen LogP contribution in [0, 0.1) is 0 Å². The second-order valence-corrected chi connectivity index (χ2v) is 6.72. The second-order valence-electron chi connectivity index (χ2n) is 5.84. The summed E-state index contributed by atoms with van der Waals surface area (Å²) in [4.78, 5) is 21.3. The molecular weight excluding hydrogens is 326 g/mol. The zero-order chi connectivity index (χ0) is 16.4. The van der Waals surface area contributed by atoms with Gasteiger partial charge in [0, 0.05) is 37.8 Å². The number of rotatable bonds is 2. The van der Waals surface area contributed by atoms with Gasteiger partial charge in [0.1, 0.15) is 6.61 Å². The Balaban J connectivity index is 1.40. The van der Waals surface area contributed by atoms with Crippen molar-refractivity contribution in [3.63, 3.8) is 0 Å². The molecule has 1 fully saturated rings. The highest BCUT2D eigenvalue weighted by Crippen LogP contribution is 2.31. The lowest BCUT2D eigenvalue weighted by molar-refractivity contribution is -0.141. The van der Waals surface area contributed by atoms with Crippen LogP contribution in [-0.2, 0) is 4.79 Å². The lowest BCUT2D eigenvalue weighted by Crippen LogP contribution is -2.47. The van der Waals surface area contributed by atoms with E-state index in [-0.39, 0.29) is 12.5 Å². The van der Waals surface area contributed by atoms with Crippen molar-refractivity contribution in [1.82, 2.24) is 9.88 Å². The monoisotopic (exact) mass is 345 g/mol. The van der Waals surface area contributed by atoms with Crippen LogP contribution in [0.1, 0.15) is 6.42 Å². The normalized spacial score (nSPS) is 20.6. The molecule has 6 nitrogen and oxygen atoms in total. The Hall–Kier alpha value is -2.28. The van der Waals surface area contributed by atoms with Crippen LogP contribution in [0.15, 0.2) is 35.8 Å². The molecule has 4 rings (SSSR count). The Morgan fingerprint density at radius 1 is 1.17 bits per heavy atom. The molecule has 1 saturated heterocycles. The lowest BCUT2D eigenvalue weighted by Gasteiger charge is -2.30. The minimum atomic E-state index is -0.564. The molecule has 0 unspecified atom stereocenters. The number of benzene rings is 1. The molecule has 2 aliphatic heterocycles. The molecule has 1 atom stereocenters. The van der Waals surface area contributed by atoms with Gasteiger partial charge in [-0.15, -0.1) is 11.3 Å². The number of hydrogen-bond acceptors (Lipinski definition) is 6. The van der Waals surface area contributed by atoms with Crippen molar-refractivity contribution in [2.45, 2.75) is 12.5 Å². The van der Waals surface area contributed by atoms with Gasteiger partial charge in [-0.25, -0.2) is 4.98 Å². The van der Waals surface area contributed by atoms with Gasteiger partial charge in [-0.2, -0.15) is 0 Å². The topological polar surface area (TPSA) is 54.9 Å². The van der Waals surface area contributed by atoms with E-state index in [4.69, 9.17) is 9.47 Å². The van der Waals surface area contributed by atoms with Crippen molar-refractivity contribution in [2.24, 2.45) is 0 Å². The highest BCUT2D eigenvalue weighted by atomic mass is 32.1. The molecule has 2 aliphatic rings. The van der Waals surface area contributed by atoms with Crippen LogP contribution >= 0.6 is 11.3 Å². The lowest BCUT2D eigenvalue weighted by atomic mass is 10.2. The van der Waals surface area contributed by atoms with E-state index in [1.807, 2.05) is 40.7 Å². The van der Waals surface area contributed by atoms with Gasteiger partial charge in [-0.1, -0.05) is 12.1 Å². The molecule has 0 N–H and O–H groups in total. The van der Waals surface area contributed by atoms with E-state index in [1.54, 1.807) is 11.3 Å². The van der Waals surface area contributed by atoms with Crippen LogP contribution in [0.5, 0.6) is 11.5 Å². The van der Waals surface area contributed by atoms with Gasteiger partial charge in [-0.05, 0) is 18.6 Å². The first-order valence-corrected chi connectivity index (χ1v) is 9.01. The predicted molar refractivity (Wildman–Crippen MR) is 91.9 cm³/mol. The molecule has 0 spiro atoms. The molecule has 3 heterocycles. The van der Waals surface area contributed by atoms with Crippen LogP contribution in [0.4, 0.5) is 5.13 Å². The molecule has 0 aliphatic carbocycles. The zero-order valence-corrected chi connectivity index (χ0v) is 14.1. The molecule has 2 aromatic rings. The highest BCUT2D eigenvalue weighted by Gasteiger charge is 2.32. The fraction of sp³-hybridized carbons (Fsp3) is 0.412. The first-order chi connectivity index (χ1) is 11.8. The number of anilines is 1. The van der Waals surface area contributed by atoms with Crippen molar-refractivity contribution in [3.05, 3.63) is 35.8 Å². The number of amides is 1. The SMILES string of the molecule is O=C([C@H]1COc2ccccc2O1)N1CCCN(c2nccs2)CC1. The third kappa shape index (κ3) is 3.03. The van der Waals surface area contributed by atoms with E-state index in [1.165, 1.54) is 0 Å². The first kappa shape index (κ1) is 15.3. The molecule has 1 aromatic heterocycles. The summed E-state index contributed by atoms with van der Waals surface area (Å²) >= 11 is 1.64. The summed E-state index contributed by atoms with van der Waals surface area (Å²) in [7, 11) is 0. The van der Waals surface area contributed by atoms with Crippen LogP contribution in [-0.4, -0.2) is 54.7 Å². The van der Waals surface area contributed by atoms with Crippen LogP contribution < -0.4 is 14.4 Å². The number of aromatic nitrogens is 1. The average Bonchev–Trinajstić information content (AvgIpc) is 3.05. The van der Waals surface area contributed by atoms with Gasteiger partial charge in [-0.3, -0.25) is 4.79 Å².